The predicted octanol–water partition coefficient (Wildman–Crippen LogP) is 0.144. The highest BCUT2D eigenvalue weighted by Crippen LogP contribution is 2.26. The fourth-order valence-corrected chi connectivity index (χ4v) is 2.39. The van der Waals surface area contributed by atoms with Crippen LogP contribution >= 0.6 is 0 Å². The Labute approximate surface area is 104 Å². The molecule has 3 heterocycles. The van der Waals surface area contributed by atoms with Crippen LogP contribution in [0.15, 0.2) is 6.33 Å². The first kappa shape index (κ1) is 11.2. The van der Waals surface area contributed by atoms with Gasteiger partial charge in [-0.25, -0.2) is 4.98 Å². The van der Waals surface area contributed by atoms with E-state index >= 15 is 0 Å². The Morgan fingerprint density at radius 2 is 2.17 bits per heavy atom. The summed E-state index contributed by atoms with van der Waals surface area (Å²) in [5.74, 6) is 1.46. The molecule has 0 unspecified atom stereocenters. The normalized spacial score (nSPS) is 17.5. The quantitative estimate of drug-likeness (QED) is 0.698. The highest BCUT2D eigenvalue weighted by molar-refractivity contribution is 5.84. The highest BCUT2D eigenvalue weighted by atomic mass is 16.3. The van der Waals surface area contributed by atoms with Crippen molar-refractivity contribution in [2.45, 2.75) is 12.8 Å². The van der Waals surface area contributed by atoms with E-state index in [1.54, 1.807) is 6.33 Å². The number of nitrogen functional groups attached to an aromatic ring is 1. The van der Waals surface area contributed by atoms with Crippen molar-refractivity contribution in [1.29, 1.82) is 0 Å². The smallest absolute Gasteiger partial charge is 0.224 e. The first-order valence-electron chi connectivity index (χ1n) is 6.10. The van der Waals surface area contributed by atoms with Crippen LogP contribution in [0.3, 0.4) is 0 Å². The lowest BCUT2D eigenvalue weighted by atomic mass is 9.98. The number of aliphatic hydroxyl groups excluding tert-OH is 1. The second-order valence-corrected chi connectivity index (χ2v) is 4.62. The molecule has 0 aromatic carbocycles. The third-order valence-corrected chi connectivity index (χ3v) is 3.46. The topological polar surface area (TPSA) is 104 Å². The number of imidazole rings is 1. The fourth-order valence-electron chi connectivity index (χ4n) is 2.39. The average molecular weight is 248 g/mol. The molecule has 7 nitrogen and oxygen atoms in total. The van der Waals surface area contributed by atoms with E-state index in [4.69, 9.17) is 10.8 Å². The third-order valence-electron chi connectivity index (χ3n) is 3.46. The molecule has 1 aliphatic rings. The molecule has 3 rings (SSSR count). The Hall–Kier alpha value is -1.89. The number of aromatic amines is 1. The third kappa shape index (κ3) is 1.86. The monoisotopic (exact) mass is 248 g/mol. The summed E-state index contributed by atoms with van der Waals surface area (Å²) >= 11 is 0. The maximum atomic E-state index is 9.15. The molecule has 96 valence electrons. The minimum atomic E-state index is 0.244. The van der Waals surface area contributed by atoms with Gasteiger partial charge in [-0.1, -0.05) is 0 Å². The Balaban J connectivity index is 1.92. The maximum absolute atomic E-state index is 9.15. The maximum Gasteiger partial charge on any atom is 0.224 e. The predicted molar refractivity (Wildman–Crippen MR) is 68.1 cm³/mol. The summed E-state index contributed by atoms with van der Waals surface area (Å²) in [5, 5.41) is 9.15. The van der Waals surface area contributed by atoms with Gasteiger partial charge in [-0.15, -0.1) is 0 Å². The second-order valence-electron chi connectivity index (χ2n) is 4.62. The summed E-state index contributed by atoms with van der Waals surface area (Å²) < 4.78 is 0. The molecule has 2 aromatic rings. The number of hydrogen-bond acceptors (Lipinski definition) is 6. The van der Waals surface area contributed by atoms with Gasteiger partial charge in [-0.05, 0) is 18.8 Å². The second kappa shape index (κ2) is 4.41. The van der Waals surface area contributed by atoms with Crippen LogP contribution < -0.4 is 10.6 Å². The largest absolute Gasteiger partial charge is 0.396 e. The van der Waals surface area contributed by atoms with E-state index in [-0.39, 0.29) is 12.6 Å². The number of rotatable bonds is 2. The molecule has 7 heteroatoms. The molecule has 4 N–H and O–H groups in total. The van der Waals surface area contributed by atoms with Gasteiger partial charge in [0.15, 0.2) is 11.5 Å². The van der Waals surface area contributed by atoms with Crippen LogP contribution in [0.5, 0.6) is 0 Å². The molecule has 0 bridgehead atoms. The number of nitrogens with one attached hydrogen (secondary N) is 1. The molecule has 0 radical (unpaired) electrons. The number of aliphatic hydroxyl groups is 1. The summed E-state index contributed by atoms with van der Waals surface area (Å²) in [6.07, 6.45) is 3.54. The van der Waals surface area contributed by atoms with Crippen LogP contribution in [0.25, 0.3) is 11.2 Å². The number of nitrogens with zero attached hydrogens (tertiary/aromatic N) is 4. The zero-order chi connectivity index (χ0) is 12.5. The van der Waals surface area contributed by atoms with Gasteiger partial charge < -0.3 is 20.7 Å². The minimum absolute atomic E-state index is 0.244. The van der Waals surface area contributed by atoms with Crippen LogP contribution in [0.2, 0.25) is 0 Å². The SMILES string of the molecule is Nc1nc(N2CCC(CO)CC2)c2[nH]cnc2n1. The van der Waals surface area contributed by atoms with Crippen molar-refractivity contribution < 1.29 is 5.11 Å². The molecule has 1 fully saturated rings. The number of anilines is 2. The van der Waals surface area contributed by atoms with Gasteiger partial charge in [-0.3, -0.25) is 0 Å². The summed E-state index contributed by atoms with van der Waals surface area (Å²) in [7, 11) is 0. The van der Waals surface area contributed by atoms with Gasteiger partial charge >= 0.3 is 0 Å². The van der Waals surface area contributed by atoms with Crippen LogP contribution in [0.1, 0.15) is 12.8 Å². The van der Waals surface area contributed by atoms with E-state index in [9.17, 15) is 0 Å². The molecule has 0 aliphatic carbocycles. The summed E-state index contributed by atoms with van der Waals surface area (Å²) in [6.45, 7) is 2.00. The number of hydrogen-bond donors (Lipinski definition) is 3. The molecule has 0 atom stereocenters. The van der Waals surface area contributed by atoms with Crippen LogP contribution in [-0.4, -0.2) is 44.7 Å². The molecule has 1 aliphatic heterocycles. The number of H-pyrrole nitrogens is 1. The van der Waals surface area contributed by atoms with Crippen molar-refractivity contribution in [3.8, 4) is 0 Å². The van der Waals surface area contributed by atoms with Gasteiger partial charge in [0.1, 0.15) is 5.52 Å². The zero-order valence-corrected chi connectivity index (χ0v) is 10.0. The van der Waals surface area contributed by atoms with Gasteiger partial charge in [-0.2, -0.15) is 9.97 Å². The number of aromatic nitrogens is 4. The number of nitrogens with two attached hydrogens (primary N) is 1. The lowest BCUT2D eigenvalue weighted by Crippen LogP contribution is -2.35. The van der Waals surface area contributed by atoms with Crippen molar-refractivity contribution in [2.24, 2.45) is 5.92 Å². The molecular formula is C11H16N6O. The summed E-state index contributed by atoms with van der Waals surface area (Å²) in [5.41, 5.74) is 7.13. The summed E-state index contributed by atoms with van der Waals surface area (Å²) in [6, 6.07) is 0. The van der Waals surface area contributed by atoms with Crippen LogP contribution in [-0.2, 0) is 0 Å². The molecule has 0 amide bonds. The molecule has 18 heavy (non-hydrogen) atoms. The van der Waals surface area contributed by atoms with Gasteiger partial charge in [0.05, 0.1) is 6.33 Å². The Bertz CT molecular complexity index is 545. The summed E-state index contributed by atoms with van der Waals surface area (Å²) in [4.78, 5) is 17.7. The Kier molecular flexibility index (Phi) is 2.75. The molecular weight excluding hydrogens is 232 g/mol. The Morgan fingerprint density at radius 3 is 2.89 bits per heavy atom. The first-order valence-corrected chi connectivity index (χ1v) is 6.10. The zero-order valence-electron chi connectivity index (χ0n) is 10.0. The fraction of sp³-hybridized carbons (Fsp3) is 0.545. The lowest BCUT2D eigenvalue weighted by Gasteiger charge is -2.32. The van der Waals surface area contributed by atoms with E-state index < -0.39 is 0 Å². The van der Waals surface area contributed by atoms with E-state index in [1.165, 1.54) is 0 Å². The van der Waals surface area contributed by atoms with E-state index in [2.05, 4.69) is 24.8 Å². The Morgan fingerprint density at radius 1 is 1.39 bits per heavy atom. The molecule has 1 saturated heterocycles. The van der Waals surface area contributed by atoms with Crippen molar-refractivity contribution in [1.82, 2.24) is 19.9 Å². The van der Waals surface area contributed by atoms with E-state index in [0.717, 1.165) is 37.3 Å². The number of piperidine rings is 1. The lowest BCUT2D eigenvalue weighted by molar-refractivity contribution is 0.203. The molecule has 2 aromatic heterocycles. The average Bonchev–Trinajstić information content (AvgIpc) is 2.86. The van der Waals surface area contributed by atoms with Gasteiger partial charge in [0, 0.05) is 19.7 Å². The molecule has 0 saturated carbocycles. The highest BCUT2D eigenvalue weighted by Gasteiger charge is 2.22. The number of fused-ring (bicyclic) bond motifs is 1. The minimum Gasteiger partial charge on any atom is -0.396 e. The standard InChI is InChI=1S/C11H16N6O/c12-11-15-9-8(13-6-14-9)10(16-11)17-3-1-7(5-18)2-4-17/h6-7,18H,1-5H2,(H3,12,13,14,15,16). The van der Waals surface area contributed by atoms with Crippen molar-refractivity contribution in [2.75, 3.05) is 30.3 Å². The van der Waals surface area contributed by atoms with Crippen molar-refractivity contribution in [3.63, 3.8) is 0 Å². The van der Waals surface area contributed by atoms with Gasteiger partial charge in [0.25, 0.3) is 0 Å². The van der Waals surface area contributed by atoms with Crippen molar-refractivity contribution >= 4 is 22.9 Å². The van der Waals surface area contributed by atoms with Gasteiger partial charge in [0.2, 0.25) is 5.95 Å². The van der Waals surface area contributed by atoms with E-state index in [1.807, 2.05) is 0 Å². The molecule has 0 spiro atoms. The van der Waals surface area contributed by atoms with Crippen molar-refractivity contribution in [3.05, 3.63) is 6.33 Å². The van der Waals surface area contributed by atoms with Crippen LogP contribution in [0, 0.1) is 5.92 Å². The van der Waals surface area contributed by atoms with E-state index in [0.29, 0.717) is 11.6 Å². The van der Waals surface area contributed by atoms with Crippen LogP contribution in [0.4, 0.5) is 11.8 Å². The first-order chi connectivity index (χ1) is 8.78.